The Kier molecular flexibility index (Phi) is 3.57. The lowest BCUT2D eigenvalue weighted by Crippen LogP contribution is -2.24. The standard InChI is InChI=1S/C15H18N6/c1-11(2)14-7-15(18-10-17-14)20-4-3-5-21-13(9-20)6-12(8-16)19-21/h6-7,10-11H,3-5,9H2,1-2H3. The molecule has 0 unspecified atom stereocenters. The van der Waals surface area contributed by atoms with E-state index in [2.05, 4.69) is 45.9 Å². The summed E-state index contributed by atoms with van der Waals surface area (Å²) in [5, 5.41) is 13.3. The van der Waals surface area contributed by atoms with Crippen LogP contribution in [0.4, 0.5) is 5.82 Å². The molecule has 6 nitrogen and oxygen atoms in total. The van der Waals surface area contributed by atoms with Gasteiger partial charge in [-0.05, 0) is 18.4 Å². The summed E-state index contributed by atoms with van der Waals surface area (Å²) in [6.07, 6.45) is 2.62. The van der Waals surface area contributed by atoms with Gasteiger partial charge in [0, 0.05) is 24.8 Å². The number of hydrogen-bond donors (Lipinski definition) is 0. The fraction of sp³-hybridized carbons (Fsp3) is 0.467. The molecule has 3 heterocycles. The van der Waals surface area contributed by atoms with Crippen molar-refractivity contribution in [1.29, 1.82) is 5.26 Å². The molecule has 2 aromatic heterocycles. The van der Waals surface area contributed by atoms with Gasteiger partial charge >= 0.3 is 0 Å². The van der Waals surface area contributed by atoms with Gasteiger partial charge in [0.15, 0.2) is 5.69 Å². The summed E-state index contributed by atoms with van der Waals surface area (Å²) in [7, 11) is 0. The third-order valence-corrected chi connectivity index (χ3v) is 3.72. The highest BCUT2D eigenvalue weighted by atomic mass is 15.3. The molecular formula is C15H18N6. The summed E-state index contributed by atoms with van der Waals surface area (Å²) < 4.78 is 1.93. The predicted octanol–water partition coefficient (Wildman–Crippen LogP) is 2.08. The lowest BCUT2D eigenvalue weighted by molar-refractivity contribution is 0.589. The number of fused-ring (bicyclic) bond motifs is 1. The largest absolute Gasteiger partial charge is 0.351 e. The average molecular weight is 282 g/mol. The zero-order valence-electron chi connectivity index (χ0n) is 12.3. The van der Waals surface area contributed by atoms with E-state index in [0.717, 1.165) is 43.3 Å². The number of aryl methyl sites for hydroxylation is 1. The molecule has 0 N–H and O–H groups in total. The molecule has 0 amide bonds. The molecule has 0 radical (unpaired) electrons. The second kappa shape index (κ2) is 5.52. The van der Waals surface area contributed by atoms with Crippen molar-refractivity contribution in [3.05, 3.63) is 35.5 Å². The average Bonchev–Trinajstić information content (AvgIpc) is 2.78. The molecule has 0 aromatic carbocycles. The minimum absolute atomic E-state index is 0.384. The van der Waals surface area contributed by atoms with E-state index in [-0.39, 0.29) is 0 Å². The summed E-state index contributed by atoms with van der Waals surface area (Å²) in [4.78, 5) is 11.0. The number of hydrogen-bond acceptors (Lipinski definition) is 5. The van der Waals surface area contributed by atoms with Gasteiger partial charge in [0.1, 0.15) is 18.2 Å². The topological polar surface area (TPSA) is 70.6 Å². The number of nitriles is 1. The van der Waals surface area contributed by atoms with Gasteiger partial charge in [0.2, 0.25) is 0 Å². The van der Waals surface area contributed by atoms with Crippen molar-refractivity contribution in [1.82, 2.24) is 19.7 Å². The maximum Gasteiger partial charge on any atom is 0.162 e. The highest BCUT2D eigenvalue weighted by Crippen LogP contribution is 2.21. The van der Waals surface area contributed by atoms with Crippen molar-refractivity contribution >= 4 is 5.82 Å². The molecule has 2 aromatic rings. The van der Waals surface area contributed by atoms with Gasteiger partial charge in [-0.2, -0.15) is 10.4 Å². The van der Waals surface area contributed by atoms with Crippen LogP contribution in [0.5, 0.6) is 0 Å². The predicted molar refractivity (Wildman–Crippen MR) is 78.7 cm³/mol. The lowest BCUT2D eigenvalue weighted by atomic mass is 10.1. The molecule has 3 rings (SSSR count). The van der Waals surface area contributed by atoms with E-state index in [4.69, 9.17) is 5.26 Å². The fourth-order valence-corrected chi connectivity index (χ4v) is 2.56. The Morgan fingerprint density at radius 1 is 1.24 bits per heavy atom. The van der Waals surface area contributed by atoms with Crippen molar-refractivity contribution in [2.45, 2.75) is 39.3 Å². The van der Waals surface area contributed by atoms with E-state index in [1.54, 1.807) is 6.33 Å². The van der Waals surface area contributed by atoms with Gasteiger partial charge in [-0.1, -0.05) is 13.8 Å². The van der Waals surface area contributed by atoms with Gasteiger partial charge in [0.05, 0.1) is 12.2 Å². The molecule has 0 saturated heterocycles. The Morgan fingerprint density at radius 3 is 2.86 bits per heavy atom. The first-order valence-electron chi connectivity index (χ1n) is 7.21. The van der Waals surface area contributed by atoms with Crippen LogP contribution in [0.2, 0.25) is 0 Å². The number of nitrogens with zero attached hydrogens (tertiary/aromatic N) is 6. The van der Waals surface area contributed by atoms with E-state index in [1.165, 1.54) is 0 Å². The SMILES string of the molecule is CC(C)c1cc(N2CCCn3nc(C#N)cc3C2)ncn1. The first kappa shape index (κ1) is 13.6. The molecule has 0 atom stereocenters. The van der Waals surface area contributed by atoms with Gasteiger partial charge in [-0.25, -0.2) is 9.97 Å². The third kappa shape index (κ3) is 2.72. The quantitative estimate of drug-likeness (QED) is 0.843. The Hall–Kier alpha value is -2.42. The van der Waals surface area contributed by atoms with Crippen molar-refractivity contribution in [3.63, 3.8) is 0 Å². The molecule has 6 heteroatoms. The first-order chi connectivity index (χ1) is 10.2. The summed E-state index contributed by atoms with van der Waals surface area (Å²) in [6, 6.07) is 6.03. The zero-order chi connectivity index (χ0) is 14.8. The highest BCUT2D eigenvalue weighted by molar-refractivity contribution is 5.41. The first-order valence-corrected chi connectivity index (χ1v) is 7.21. The van der Waals surface area contributed by atoms with Crippen molar-refractivity contribution in [2.75, 3.05) is 11.4 Å². The summed E-state index contributed by atoms with van der Waals surface area (Å²) in [5.41, 5.74) is 2.60. The maximum atomic E-state index is 8.98. The Labute approximate surface area is 124 Å². The second-order valence-corrected chi connectivity index (χ2v) is 5.59. The smallest absolute Gasteiger partial charge is 0.162 e. The van der Waals surface area contributed by atoms with Crippen molar-refractivity contribution in [2.24, 2.45) is 0 Å². The van der Waals surface area contributed by atoms with Crippen molar-refractivity contribution < 1.29 is 0 Å². The highest BCUT2D eigenvalue weighted by Gasteiger charge is 2.18. The molecule has 108 valence electrons. The van der Waals surface area contributed by atoms with Crippen LogP contribution >= 0.6 is 0 Å². The van der Waals surface area contributed by atoms with Crippen LogP contribution < -0.4 is 4.90 Å². The van der Waals surface area contributed by atoms with Crippen LogP contribution in [0, 0.1) is 11.3 Å². The van der Waals surface area contributed by atoms with Crippen LogP contribution in [0.3, 0.4) is 0 Å². The van der Waals surface area contributed by atoms with Crippen LogP contribution in [-0.2, 0) is 13.1 Å². The molecule has 0 fully saturated rings. The lowest BCUT2D eigenvalue weighted by Gasteiger charge is -2.21. The minimum Gasteiger partial charge on any atom is -0.351 e. The molecular weight excluding hydrogens is 264 g/mol. The van der Waals surface area contributed by atoms with Gasteiger partial charge < -0.3 is 4.90 Å². The van der Waals surface area contributed by atoms with Gasteiger partial charge in [0.25, 0.3) is 0 Å². The van der Waals surface area contributed by atoms with Crippen LogP contribution in [0.15, 0.2) is 18.5 Å². The molecule has 0 aliphatic carbocycles. The number of anilines is 1. The number of rotatable bonds is 2. The Balaban J connectivity index is 1.89. The minimum atomic E-state index is 0.384. The van der Waals surface area contributed by atoms with Crippen molar-refractivity contribution in [3.8, 4) is 6.07 Å². The van der Waals surface area contributed by atoms with E-state index in [1.807, 2.05) is 10.7 Å². The molecule has 21 heavy (non-hydrogen) atoms. The Morgan fingerprint density at radius 2 is 2.10 bits per heavy atom. The molecule has 1 aliphatic heterocycles. The third-order valence-electron chi connectivity index (χ3n) is 3.72. The summed E-state index contributed by atoms with van der Waals surface area (Å²) in [5.74, 6) is 1.33. The van der Waals surface area contributed by atoms with Crippen LogP contribution in [0.25, 0.3) is 0 Å². The molecule has 1 aliphatic rings. The van der Waals surface area contributed by atoms with E-state index >= 15 is 0 Å². The fourth-order valence-electron chi connectivity index (χ4n) is 2.56. The van der Waals surface area contributed by atoms with E-state index in [9.17, 15) is 0 Å². The van der Waals surface area contributed by atoms with Gasteiger partial charge in [-0.15, -0.1) is 0 Å². The number of aromatic nitrogens is 4. The summed E-state index contributed by atoms with van der Waals surface area (Å²) >= 11 is 0. The molecule has 0 saturated carbocycles. The van der Waals surface area contributed by atoms with Crippen LogP contribution in [-0.4, -0.2) is 26.3 Å². The van der Waals surface area contributed by atoms with E-state index in [0.29, 0.717) is 11.6 Å². The second-order valence-electron chi connectivity index (χ2n) is 5.59. The monoisotopic (exact) mass is 282 g/mol. The van der Waals surface area contributed by atoms with Crippen LogP contribution in [0.1, 0.15) is 43.3 Å². The summed E-state index contributed by atoms with van der Waals surface area (Å²) in [6.45, 7) is 6.75. The van der Waals surface area contributed by atoms with E-state index < -0.39 is 0 Å². The maximum absolute atomic E-state index is 8.98. The Bertz CT molecular complexity index is 682. The molecule has 0 bridgehead atoms. The van der Waals surface area contributed by atoms with Gasteiger partial charge in [-0.3, -0.25) is 4.68 Å². The normalized spacial score (nSPS) is 14.7. The zero-order valence-corrected chi connectivity index (χ0v) is 12.3. The molecule has 0 spiro atoms.